The maximum Gasteiger partial charge on any atom is 0.140 e. The van der Waals surface area contributed by atoms with E-state index in [2.05, 4.69) is 4.98 Å². The fraction of sp³-hybridized carbons (Fsp3) is 0.429. The van der Waals surface area contributed by atoms with Crippen LogP contribution in [0.1, 0.15) is 18.4 Å². The van der Waals surface area contributed by atoms with Gasteiger partial charge in [0.05, 0.1) is 16.6 Å². The molecule has 96 valence electrons. The topological polar surface area (TPSA) is 39.2 Å². The van der Waals surface area contributed by atoms with E-state index in [9.17, 15) is 4.79 Å². The number of hydrogen-bond acceptors (Lipinski definition) is 4. The fourth-order valence-electron chi connectivity index (χ4n) is 1.97. The summed E-state index contributed by atoms with van der Waals surface area (Å²) in [6.07, 6.45) is 0.997. The lowest BCUT2D eigenvalue weighted by atomic mass is 10.0. The summed E-state index contributed by atoms with van der Waals surface area (Å²) < 4.78 is 6.18. The summed E-state index contributed by atoms with van der Waals surface area (Å²) in [4.78, 5) is 16.4. The summed E-state index contributed by atoms with van der Waals surface area (Å²) in [6.45, 7) is 2.66. The van der Waals surface area contributed by atoms with Crippen molar-refractivity contribution in [2.24, 2.45) is 5.92 Å². The second-order valence-corrected chi connectivity index (χ2v) is 5.67. The zero-order valence-electron chi connectivity index (χ0n) is 10.7. The van der Waals surface area contributed by atoms with Gasteiger partial charge >= 0.3 is 0 Å². The SMILES string of the molecule is COCC(C)CC(=O)Cc1nc2ccccc2s1. The van der Waals surface area contributed by atoms with E-state index in [1.165, 1.54) is 0 Å². The Morgan fingerprint density at radius 1 is 1.44 bits per heavy atom. The summed E-state index contributed by atoms with van der Waals surface area (Å²) >= 11 is 1.60. The quantitative estimate of drug-likeness (QED) is 0.804. The van der Waals surface area contributed by atoms with Crippen molar-refractivity contribution in [3.63, 3.8) is 0 Å². The van der Waals surface area contributed by atoms with Gasteiger partial charge in [0, 0.05) is 20.1 Å². The van der Waals surface area contributed by atoms with Gasteiger partial charge in [-0.15, -0.1) is 11.3 Å². The van der Waals surface area contributed by atoms with E-state index in [4.69, 9.17) is 4.74 Å². The molecule has 0 fully saturated rings. The highest BCUT2D eigenvalue weighted by Gasteiger charge is 2.12. The van der Waals surface area contributed by atoms with Crippen LogP contribution in [0.4, 0.5) is 0 Å². The number of nitrogens with zero attached hydrogens (tertiary/aromatic N) is 1. The Kier molecular flexibility index (Phi) is 4.44. The monoisotopic (exact) mass is 263 g/mol. The minimum Gasteiger partial charge on any atom is -0.384 e. The van der Waals surface area contributed by atoms with Crippen molar-refractivity contribution in [1.82, 2.24) is 4.98 Å². The van der Waals surface area contributed by atoms with Gasteiger partial charge in [-0.3, -0.25) is 4.79 Å². The third-order valence-corrected chi connectivity index (χ3v) is 3.75. The first kappa shape index (κ1) is 13.2. The molecule has 0 radical (unpaired) electrons. The highest BCUT2D eigenvalue weighted by atomic mass is 32.1. The number of para-hydroxylation sites is 1. The van der Waals surface area contributed by atoms with E-state index in [-0.39, 0.29) is 11.7 Å². The number of carbonyl (C=O) groups excluding carboxylic acids is 1. The van der Waals surface area contributed by atoms with Gasteiger partial charge < -0.3 is 4.74 Å². The van der Waals surface area contributed by atoms with Gasteiger partial charge in [0.2, 0.25) is 0 Å². The van der Waals surface area contributed by atoms with Crippen molar-refractivity contribution in [3.05, 3.63) is 29.3 Å². The fourth-order valence-corrected chi connectivity index (χ4v) is 2.96. The first-order chi connectivity index (χ1) is 8.69. The van der Waals surface area contributed by atoms with Crippen LogP contribution in [-0.2, 0) is 16.0 Å². The second-order valence-electron chi connectivity index (χ2n) is 4.56. The van der Waals surface area contributed by atoms with E-state index in [1.807, 2.05) is 31.2 Å². The van der Waals surface area contributed by atoms with Crippen LogP contribution in [0.25, 0.3) is 10.2 Å². The number of fused-ring (bicyclic) bond motifs is 1. The van der Waals surface area contributed by atoms with Gasteiger partial charge in [-0.2, -0.15) is 0 Å². The van der Waals surface area contributed by atoms with Crippen LogP contribution in [0.15, 0.2) is 24.3 Å². The number of methoxy groups -OCH3 is 1. The molecule has 1 heterocycles. The van der Waals surface area contributed by atoms with Gasteiger partial charge in [0.1, 0.15) is 10.8 Å². The predicted molar refractivity (Wildman–Crippen MR) is 74.0 cm³/mol. The van der Waals surface area contributed by atoms with Crippen molar-refractivity contribution < 1.29 is 9.53 Å². The van der Waals surface area contributed by atoms with E-state index in [1.54, 1.807) is 18.4 Å². The number of hydrogen-bond donors (Lipinski definition) is 0. The molecule has 1 atom stereocenters. The average Bonchev–Trinajstić information content (AvgIpc) is 2.70. The number of ketones is 1. The van der Waals surface area contributed by atoms with Crippen molar-refractivity contribution in [2.75, 3.05) is 13.7 Å². The molecule has 18 heavy (non-hydrogen) atoms. The van der Waals surface area contributed by atoms with Gasteiger partial charge in [-0.05, 0) is 18.1 Å². The van der Waals surface area contributed by atoms with Crippen LogP contribution in [0.5, 0.6) is 0 Å². The first-order valence-electron chi connectivity index (χ1n) is 6.04. The molecule has 0 saturated heterocycles. The van der Waals surface area contributed by atoms with E-state index < -0.39 is 0 Å². The number of carbonyl (C=O) groups is 1. The Labute approximate surface area is 111 Å². The molecule has 0 aliphatic rings. The molecule has 0 aliphatic carbocycles. The normalized spacial score (nSPS) is 12.8. The lowest BCUT2D eigenvalue weighted by molar-refractivity contribution is -0.119. The van der Waals surface area contributed by atoms with Gasteiger partial charge in [-0.25, -0.2) is 4.98 Å². The lowest BCUT2D eigenvalue weighted by Gasteiger charge is -2.07. The number of benzene rings is 1. The highest BCUT2D eigenvalue weighted by molar-refractivity contribution is 7.18. The minimum atomic E-state index is 0.235. The molecule has 2 aromatic rings. The van der Waals surface area contributed by atoms with Crippen molar-refractivity contribution >= 4 is 27.3 Å². The number of rotatable bonds is 6. The van der Waals surface area contributed by atoms with Crippen molar-refractivity contribution in [3.8, 4) is 0 Å². The molecular formula is C14H17NO2S. The van der Waals surface area contributed by atoms with Crippen LogP contribution < -0.4 is 0 Å². The van der Waals surface area contributed by atoms with Gasteiger partial charge in [0.15, 0.2) is 0 Å². The highest BCUT2D eigenvalue weighted by Crippen LogP contribution is 2.22. The van der Waals surface area contributed by atoms with Crippen LogP contribution in [0.2, 0.25) is 0 Å². The maximum absolute atomic E-state index is 11.9. The third-order valence-electron chi connectivity index (χ3n) is 2.71. The van der Waals surface area contributed by atoms with E-state index in [0.29, 0.717) is 19.4 Å². The van der Waals surface area contributed by atoms with Crippen LogP contribution >= 0.6 is 11.3 Å². The molecule has 1 unspecified atom stereocenters. The van der Waals surface area contributed by atoms with Crippen LogP contribution in [-0.4, -0.2) is 24.5 Å². The first-order valence-corrected chi connectivity index (χ1v) is 6.85. The maximum atomic E-state index is 11.9. The molecule has 0 bridgehead atoms. The average molecular weight is 263 g/mol. The molecule has 0 amide bonds. The summed E-state index contributed by atoms with van der Waals surface area (Å²) in [7, 11) is 1.66. The van der Waals surface area contributed by atoms with E-state index in [0.717, 1.165) is 15.2 Å². The molecule has 1 aromatic heterocycles. The molecule has 3 nitrogen and oxygen atoms in total. The van der Waals surface area contributed by atoms with Crippen LogP contribution in [0.3, 0.4) is 0 Å². The number of ether oxygens (including phenoxy) is 1. The molecule has 4 heteroatoms. The van der Waals surface area contributed by atoms with E-state index >= 15 is 0 Å². The smallest absolute Gasteiger partial charge is 0.140 e. The standard InChI is InChI=1S/C14H17NO2S/c1-10(9-17-2)7-11(16)8-14-15-12-5-3-4-6-13(12)18-14/h3-6,10H,7-9H2,1-2H3. The zero-order valence-corrected chi connectivity index (χ0v) is 11.5. The molecule has 0 N–H and O–H groups in total. The molecular weight excluding hydrogens is 246 g/mol. The molecule has 1 aromatic carbocycles. The summed E-state index contributed by atoms with van der Waals surface area (Å²) in [6, 6.07) is 7.98. The number of Topliss-reactive ketones (excluding diaryl/α,β-unsaturated/α-hetero) is 1. The second kappa shape index (κ2) is 6.07. The largest absolute Gasteiger partial charge is 0.384 e. The Morgan fingerprint density at radius 3 is 2.94 bits per heavy atom. The minimum absolute atomic E-state index is 0.235. The van der Waals surface area contributed by atoms with Crippen LogP contribution in [0, 0.1) is 5.92 Å². The predicted octanol–water partition coefficient (Wildman–Crippen LogP) is 3.08. The molecule has 0 aliphatic heterocycles. The number of thiazole rings is 1. The van der Waals surface area contributed by atoms with Crippen molar-refractivity contribution in [1.29, 1.82) is 0 Å². The lowest BCUT2D eigenvalue weighted by Crippen LogP contribution is -2.12. The Balaban J connectivity index is 1.98. The summed E-state index contributed by atoms with van der Waals surface area (Å²) in [5.41, 5.74) is 0.982. The third kappa shape index (κ3) is 3.37. The molecule has 0 spiro atoms. The van der Waals surface area contributed by atoms with Gasteiger partial charge in [-0.1, -0.05) is 19.1 Å². The molecule has 0 saturated carbocycles. The zero-order chi connectivity index (χ0) is 13.0. The molecule has 2 rings (SSSR count). The number of aromatic nitrogens is 1. The summed E-state index contributed by atoms with van der Waals surface area (Å²) in [5, 5.41) is 0.908. The Hall–Kier alpha value is -1.26. The van der Waals surface area contributed by atoms with Gasteiger partial charge in [0.25, 0.3) is 0 Å². The summed E-state index contributed by atoms with van der Waals surface area (Å²) in [5.74, 6) is 0.510. The Morgan fingerprint density at radius 2 is 2.22 bits per heavy atom. The Bertz CT molecular complexity index is 502. The van der Waals surface area contributed by atoms with Crippen molar-refractivity contribution in [2.45, 2.75) is 19.8 Å².